The van der Waals surface area contributed by atoms with Gasteiger partial charge in [-0.1, -0.05) is 24.1 Å². The maximum Gasteiger partial charge on any atom is 0.451 e. The number of carbonyl (C=O) groups is 1. The number of rotatable bonds is 9. The number of hydrogen-bond donors (Lipinski definition) is 4. The molecule has 160 valence electrons. The first-order valence-electron chi connectivity index (χ1n) is 9.95. The van der Waals surface area contributed by atoms with Crippen molar-refractivity contribution >= 4 is 24.7 Å². The summed E-state index contributed by atoms with van der Waals surface area (Å²) in [5.74, 6) is -1.49. The van der Waals surface area contributed by atoms with E-state index in [0.29, 0.717) is 49.9 Å². The summed E-state index contributed by atoms with van der Waals surface area (Å²) < 4.78 is 13.4. The monoisotopic (exact) mass is 426 g/mol. The van der Waals surface area contributed by atoms with Crippen molar-refractivity contribution in [2.24, 2.45) is 11.7 Å². The van der Waals surface area contributed by atoms with Crippen LogP contribution >= 0.6 is 11.6 Å². The SMILES string of the molecule is CC(c1ccc(F)c(Cl)c1)N1CCC(/C(C(=O)O)=C(/CN)CCCB(O)O)CC1. The third kappa shape index (κ3) is 6.52. The normalized spacial score (nSPS) is 17.7. The van der Waals surface area contributed by atoms with Gasteiger partial charge in [-0.3, -0.25) is 4.90 Å². The Morgan fingerprint density at radius 2 is 2.03 bits per heavy atom. The van der Waals surface area contributed by atoms with Crippen molar-refractivity contribution in [3.05, 3.63) is 45.7 Å². The van der Waals surface area contributed by atoms with Crippen LogP contribution in [-0.4, -0.2) is 52.8 Å². The average Bonchev–Trinajstić information content (AvgIpc) is 2.68. The minimum absolute atomic E-state index is 0.0475. The summed E-state index contributed by atoms with van der Waals surface area (Å²) in [5.41, 5.74) is 7.79. The molecule has 6 nitrogen and oxygen atoms in total. The molecule has 1 atom stereocenters. The number of halogens is 2. The predicted octanol–water partition coefficient (Wildman–Crippen LogP) is 2.85. The first kappa shape index (κ1) is 23.8. The largest absolute Gasteiger partial charge is 0.478 e. The molecular weight excluding hydrogens is 397 g/mol. The molecule has 0 aromatic heterocycles. The lowest BCUT2D eigenvalue weighted by molar-refractivity contribution is -0.133. The summed E-state index contributed by atoms with van der Waals surface area (Å²) in [4.78, 5) is 14.2. The molecule has 2 rings (SSSR count). The smallest absolute Gasteiger partial charge is 0.451 e. The van der Waals surface area contributed by atoms with Gasteiger partial charge in [0.1, 0.15) is 5.82 Å². The second kappa shape index (κ2) is 11.1. The van der Waals surface area contributed by atoms with E-state index in [4.69, 9.17) is 27.4 Å². The van der Waals surface area contributed by atoms with Crippen LogP contribution in [-0.2, 0) is 4.79 Å². The number of likely N-dealkylation sites (tertiary alicyclic amines) is 1. The van der Waals surface area contributed by atoms with Gasteiger partial charge >= 0.3 is 13.1 Å². The van der Waals surface area contributed by atoms with Crippen LogP contribution < -0.4 is 5.73 Å². The molecule has 0 amide bonds. The number of carboxylic acids is 1. The van der Waals surface area contributed by atoms with Crippen molar-refractivity contribution in [1.29, 1.82) is 0 Å². The molecule has 1 aromatic carbocycles. The van der Waals surface area contributed by atoms with Crippen LogP contribution in [0.1, 0.15) is 44.2 Å². The fraction of sp³-hybridized carbons (Fsp3) is 0.550. The highest BCUT2D eigenvalue weighted by Gasteiger charge is 2.30. The van der Waals surface area contributed by atoms with Crippen molar-refractivity contribution in [3.8, 4) is 0 Å². The van der Waals surface area contributed by atoms with E-state index < -0.39 is 18.9 Å². The summed E-state index contributed by atoms with van der Waals surface area (Å²) in [5, 5.41) is 27.9. The van der Waals surface area contributed by atoms with Gasteiger partial charge in [-0.2, -0.15) is 0 Å². The number of aliphatic carboxylic acids is 1. The number of nitrogens with two attached hydrogens (primary N) is 1. The van der Waals surface area contributed by atoms with Crippen LogP contribution in [0, 0.1) is 11.7 Å². The summed E-state index contributed by atoms with van der Waals surface area (Å²) in [6, 6.07) is 4.77. The Bertz CT molecular complexity index is 739. The number of nitrogens with zero attached hydrogens (tertiary/aromatic N) is 1. The van der Waals surface area contributed by atoms with E-state index in [2.05, 4.69) is 4.90 Å². The van der Waals surface area contributed by atoms with E-state index in [1.165, 1.54) is 6.07 Å². The molecule has 29 heavy (non-hydrogen) atoms. The Hall–Kier alpha value is -1.45. The molecule has 1 aliphatic rings. The summed E-state index contributed by atoms with van der Waals surface area (Å²) in [6.45, 7) is 3.60. The van der Waals surface area contributed by atoms with Crippen LogP contribution in [0.25, 0.3) is 0 Å². The lowest BCUT2D eigenvalue weighted by atomic mass is 9.80. The predicted molar refractivity (Wildman–Crippen MR) is 112 cm³/mol. The minimum Gasteiger partial charge on any atom is -0.478 e. The van der Waals surface area contributed by atoms with Gasteiger partial charge in [0.05, 0.1) is 5.02 Å². The molecule has 1 aromatic rings. The van der Waals surface area contributed by atoms with Gasteiger partial charge in [0.15, 0.2) is 0 Å². The van der Waals surface area contributed by atoms with Gasteiger partial charge in [0.25, 0.3) is 0 Å². The van der Waals surface area contributed by atoms with Crippen LogP contribution in [0.15, 0.2) is 29.3 Å². The Kier molecular flexibility index (Phi) is 9.11. The van der Waals surface area contributed by atoms with E-state index in [1.54, 1.807) is 12.1 Å². The van der Waals surface area contributed by atoms with E-state index in [1.807, 2.05) is 6.92 Å². The zero-order valence-electron chi connectivity index (χ0n) is 16.7. The molecule has 1 aliphatic heterocycles. The Morgan fingerprint density at radius 3 is 2.55 bits per heavy atom. The van der Waals surface area contributed by atoms with E-state index in [0.717, 1.165) is 5.56 Å². The van der Waals surface area contributed by atoms with Crippen LogP contribution in [0.2, 0.25) is 11.3 Å². The lowest BCUT2D eigenvalue weighted by Crippen LogP contribution is -2.37. The Labute approximate surface area is 176 Å². The van der Waals surface area contributed by atoms with E-state index in [9.17, 15) is 14.3 Å². The van der Waals surface area contributed by atoms with Gasteiger partial charge in [-0.05, 0) is 74.8 Å². The van der Waals surface area contributed by atoms with E-state index >= 15 is 0 Å². The maximum atomic E-state index is 13.4. The summed E-state index contributed by atoms with van der Waals surface area (Å²) in [6.07, 6.45) is 2.48. The van der Waals surface area contributed by atoms with Crippen LogP contribution in [0.3, 0.4) is 0 Å². The zero-order valence-corrected chi connectivity index (χ0v) is 17.4. The molecule has 0 saturated carbocycles. The van der Waals surface area contributed by atoms with Gasteiger partial charge in [-0.25, -0.2) is 9.18 Å². The highest BCUT2D eigenvalue weighted by Crippen LogP contribution is 2.33. The third-order valence-electron chi connectivity index (χ3n) is 5.71. The lowest BCUT2D eigenvalue weighted by Gasteiger charge is -2.37. The molecule has 0 bridgehead atoms. The summed E-state index contributed by atoms with van der Waals surface area (Å²) in [7, 11) is -1.40. The number of piperidine rings is 1. The van der Waals surface area contributed by atoms with E-state index in [-0.39, 0.29) is 29.8 Å². The summed E-state index contributed by atoms with van der Waals surface area (Å²) >= 11 is 5.90. The number of carboxylic acid groups (broad SMARTS) is 1. The minimum atomic E-state index is -1.40. The topological polar surface area (TPSA) is 107 Å². The Morgan fingerprint density at radius 1 is 1.38 bits per heavy atom. The first-order valence-corrected chi connectivity index (χ1v) is 10.3. The third-order valence-corrected chi connectivity index (χ3v) is 6.00. The molecule has 1 saturated heterocycles. The van der Waals surface area contributed by atoms with Crippen molar-refractivity contribution in [2.75, 3.05) is 19.6 Å². The first-order chi connectivity index (χ1) is 13.7. The number of benzene rings is 1. The van der Waals surface area contributed by atoms with Crippen molar-refractivity contribution in [2.45, 2.75) is 45.0 Å². The molecule has 0 aliphatic carbocycles. The van der Waals surface area contributed by atoms with Crippen LogP contribution in [0.5, 0.6) is 0 Å². The molecule has 1 unspecified atom stereocenters. The second-order valence-electron chi connectivity index (χ2n) is 7.56. The fourth-order valence-electron chi connectivity index (χ4n) is 4.02. The second-order valence-corrected chi connectivity index (χ2v) is 7.97. The van der Waals surface area contributed by atoms with Gasteiger partial charge in [0, 0.05) is 18.2 Å². The van der Waals surface area contributed by atoms with Crippen molar-refractivity contribution in [3.63, 3.8) is 0 Å². The van der Waals surface area contributed by atoms with Gasteiger partial charge in [0.2, 0.25) is 0 Å². The average molecular weight is 427 g/mol. The van der Waals surface area contributed by atoms with Gasteiger partial charge in [-0.15, -0.1) is 0 Å². The molecule has 9 heteroatoms. The fourth-order valence-corrected chi connectivity index (χ4v) is 4.21. The zero-order chi connectivity index (χ0) is 21.6. The molecule has 1 fully saturated rings. The van der Waals surface area contributed by atoms with Gasteiger partial charge < -0.3 is 20.9 Å². The van der Waals surface area contributed by atoms with Crippen molar-refractivity contribution in [1.82, 2.24) is 4.90 Å². The number of hydrogen-bond acceptors (Lipinski definition) is 5. The quantitative estimate of drug-likeness (QED) is 0.357. The highest BCUT2D eigenvalue weighted by molar-refractivity contribution is 6.40. The molecule has 5 N–H and O–H groups in total. The Balaban J connectivity index is 2.06. The van der Waals surface area contributed by atoms with Crippen LogP contribution in [0.4, 0.5) is 4.39 Å². The molecule has 0 spiro atoms. The molecular formula is C20H29BClFN2O4. The highest BCUT2D eigenvalue weighted by atomic mass is 35.5. The van der Waals surface area contributed by atoms with Crippen molar-refractivity contribution < 1.29 is 24.3 Å². The molecule has 0 radical (unpaired) electrons. The molecule has 1 heterocycles. The standard InChI is InChI=1S/C20H29BClFN2O4/c1-13(15-4-5-18(23)17(22)11-15)25-9-6-14(7-10-25)19(20(26)27)16(12-24)3-2-8-21(28)29/h4-5,11,13-14,28-29H,2-3,6-10,12,24H2,1H3,(H,26,27)/b19-16-. The maximum absolute atomic E-state index is 13.4.